The second-order valence-electron chi connectivity index (χ2n) is 12.1. The summed E-state index contributed by atoms with van der Waals surface area (Å²) in [5.74, 6) is 0. The standard InChI is InChI=1S/C29H40NSi/c1-21-9-10-23(28(2,3)4)20-26(21)27-25-12-11-24(19-22(25)13-16-30(27)7)31(8)17-14-29(5,6)15-18-31/h9-13,16,19-20H,14-15,17-18H2,1-8H3/q+1. The van der Waals surface area contributed by atoms with Crippen molar-refractivity contribution in [1.29, 1.82) is 0 Å². The van der Waals surface area contributed by atoms with Crippen molar-refractivity contribution in [3.8, 4) is 11.3 Å². The fourth-order valence-electron chi connectivity index (χ4n) is 5.19. The largest absolute Gasteiger partial charge is 0.220 e. The van der Waals surface area contributed by atoms with E-state index in [9.17, 15) is 0 Å². The Morgan fingerprint density at radius 3 is 2.26 bits per heavy atom. The van der Waals surface area contributed by atoms with Gasteiger partial charge in [0.1, 0.15) is 7.05 Å². The fraction of sp³-hybridized carbons (Fsp3) is 0.483. The highest BCUT2D eigenvalue weighted by atomic mass is 28.3. The molecule has 1 saturated heterocycles. The van der Waals surface area contributed by atoms with Crippen molar-refractivity contribution in [3.63, 3.8) is 0 Å². The van der Waals surface area contributed by atoms with Crippen molar-refractivity contribution in [2.24, 2.45) is 12.5 Å². The molecular formula is C29H40NSi+. The Hall–Kier alpha value is -1.93. The normalized spacial score (nSPS) is 18.3. The van der Waals surface area contributed by atoms with Gasteiger partial charge in [-0.1, -0.05) is 95.5 Å². The first kappa shape index (κ1) is 22.3. The zero-order valence-electron chi connectivity index (χ0n) is 20.9. The molecule has 1 aliphatic rings. The lowest BCUT2D eigenvalue weighted by Crippen LogP contribution is -2.48. The van der Waals surface area contributed by atoms with E-state index in [1.807, 2.05) is 0 Å². The van der Waals surface area contributed by atoms with Gasteiger partial charge in [-0.2, -0.15) is 0 Å². The van der Waals surface area contributed by atoms with Crippen molar-refractivity contribution < 1.29 is 4.57 Å². The van der Waals surface area contributed by atoms with Gasteiger partial charge in [-0.25, -0.2) is 4.57 Å². The highest BCUT2D eigenvalue weighted by Gasteiger charge is 2.38. The lowest BCUT2D eigenvalue weighted by atomic mass is 9.84. The monoisotopic (exact) mass is 430 g/mol. The molecule has 0 N–H and O–H groups in total. The molecular weight excluding hydrogens is 390 g/mol. The fourth-order valence-corrected chi connectivity index (χ4v) is 9.47. The maximum absolute atomic E-state index is 2.62. The van der Waals surface area contributed by atoms with Crippen molar-refractivity contribution >= 4 is 24.0 Å². The van der Waals surface area contributed by atoms with Gasteiger partial charge in [-0.15, -0.1) is 0 Å². The summed E-state index contributed by atoms with van der Waals surface area (Å²) in [5, 5.41) is 4.41. The quantitative estimate of drug-likeness (QED) is 0.303. The summed E-state index contributed by atoms with van der Waals surface area (Å²) in [6, 6.07) is 19.6. The van der Waals surface area contributed by atoms with Crippen molar-refractivity contribution in [2.75, 3.05) is 0 Å². The highest BCUT2D eigenvalue weighted by molar-refractivity contribution is 6.91. The number of nitrogens with zero attached hydrogens (tertiary/aromatic N) is 1. The number of hydrogen-bond donors (Lipinski definition) is 0. The third kappa shape index (κ3) is 4.24. The number of benzene rings is 2. The zero-order chi connectivity index (χ0) is 22.6. The van der Waals surface area contributed by atoms with Crippen LogP contribution >= 0.6 is 0 Å². The van der Waals surface area contributed by atoms with E-state index in [1.54, 1.807) is 5.19 Å². The molecule has 164 valence electrons. The number of aromatic nitrogens is 1. The summed E-state index contributed by atoms with van der Waals surface area (Å²) in [6.07, 6.45) is 5.00. The molecule has 2 heterocycles. The van der Waals surface area contributed by atoms with Crippen LogP contribution in [0.2, 0.25) is 18.6 Å². The van der Waals surface area contributed by atoms with Crippen LogP contribution in [0.4, 0.5) is 0 Å². The zero-order valence-corrected chi connectivity index (χ0v) is 21.9. The molecule has 0 saturated carbocycles. The van der Waals surface area contributed by atoms with Crippen LogP contribution in [0.5, 0.6) is 0 Å². The number of hydrogen-bond acceptors (Lipinski definition) is 0. The molecule has 0 aliphatic carbocycles. The number of aryl methyl sites for hydroxylation is 2. The average molecular weight is 431 g/mol. The Labute approximate surface area is 190 Å². The van der Waals surface area contributed by atoms with E-state index in [0.717, 1.165) is 0 Å². The first-order valence-corrected chi connectivity index (χ1v) is 14.9. The molecule has 0 bridgehead atoms. The number of fused-ring (bicyclic) bond motifs is 1. The second kappa shape index (κ2) is 7.58. The molecule has 4 rings (SSSR count). The van der Waals surface area contributed by atoms with E-state index in [2.05, 4.69) is 108 Å². The van der Waals surface area contributed by atoms with Crippen LogP contribution in [0.15, 0.2) is 48.7 Å². The first-order chi connectivity index (χ1) is 14.4. The molecule has 0 amide bonds. The lowest BCUT2D eigenvalue weighted by molar-refractivity contribution is -0.659. The van der Waals surface area contributed by atoms with Crippen molar-refractivity contribution in [1.82, 2.24) is 0 Å². The van der Waals surface area contributed by atoms with E-state index in [-0.39, 0.29) is 5.41 Å². The lowest BCUT2D eigenvalue weighted by Gasteiger charge is -2.40. The Morgan fingerprint density at radius 2 is 1.61 bits per heavy atom. The molecule has 2 heteroatoms. The molecule has 31 heavy (non-hydrogen) atoms. The van der Waals surface area contributed by atoms with Gasteiger partial charge >= 0.3 is 0 Å². The highest BCUT2D eigenvalue weighted by Crippen LogP contribution is 2.41. The van der Waals surface area contributed by atoms with Gasteiger partial charge in [0.05, 0.1) is 13.5 Å². The summed E-state index contributed by atoms with van der Waals surface area (Å²) in [7, 11) is 0.805. The molecule has 0 spiro atoms. The molecule has 1 aromatic heterocycles. The van der Waals surface area contributed by atoms with E-state index >= 15 is 0 Å². The van der Waals surface area contributed by atoms with Crippen LogP contribution in [0.3, 0.4) is 0 Å². The van der Waals surface area contributed by atoms with Gasteiger partial charge in [-0.3, -0.25) is 0 Å². The van der Waals surface area contributed by atoms with Crippen LogP contribution in [-0.4, -0.2) is 8.07 Å². The van der Waals surface area contributed by atoms with E-state index in [1.165, 1.54) is 58.1 Å². The third-order valence-electron chi connectivity index (χ3n) is 7.90. The molecule has 1 nitrogen and oxygen atoms in total. The van der Waals surface area contributed by atoms with Gasteiger partial charge in [0.2, 0.25) is 5.69 Å². The van der Waals surface area contributed by atoms with Crippen LogP contribution < -0.4 is 9.75 Å². The third-order valence-corrected chi connectivity index (χ3v) is 12.3. The molecule has 3 aromatic rings. The minimum absolute atomic E-state index is 0.147. The van der Waals surface area contributed by atoms with Gasteiger partial charge in [0, 0.05) is 11.6 Å². The van der Waals surface area contributed by atoms with Gasteiger partial charge < -0.3 is 0 Å². The SMILES string of the molecule is Cc1ccc(C(C)(C)C)cc1-c1c2ccc([Si]3(C)CCC(C)(C)CC3)cc2cc[n+]1C. The Kier molecular flexibility index (Phi) is 5.45. The van der Waals surface area contributed by atoms with Crippen LogP contribution in [-0.2, 0) is 12.5 Å². The van der Waals surface area contributed by atoms with Gasteiger partial charge in [-0.05, 0) is 46.4 Å². The molecule has 0 atom stereocenters. The molecule has 1 aliphatic heterocycles. The summed E-state index contributed by atoms with van der Waals surface area (Å²) in [6.45, 7) is 16.6. The Bertz CT molecular complexity index is 1120. The van der Waals surface area contributed by atoms with Crippen LogP contribution in [0.1, 0.15) is 58.6 Å². The molecule has 0 unspecified atom stereocenters. The Balaban J connectivity index is 1.83. The van der Waals surface area contributed by atoms with Crippen LogP contribution in [0, 0.1) is 12.3 Å². The minimum atomic E-state index is -1.38. The van der Waals surface area contributed by atoms with Gasteiger partial charge in [0.25, 0.3) is 0 Å². The van der Waals surface area contributed by atoms with Gasteiger partial charge in [0.15, 0.2) is 6.20 Å². The minimum Gasteiger partial charge on any atom is -0.200 e. The summed E-state index contributed by atoms with van der Waals surface area (Å²) in [5.41, 5.74) is 6.11. The second-order valence-corrected chi connectivity index (χ2v) is 16.8. The first-order valence-electron chi connectivity index (χ1n) is 11.9. The van der Waals surface area contributed by atoms with E-state index in [4.69, 9.17) is 0 Å². The molecule has 1 fully saturated rings. The van der Waals surface area contributed by atoms with Crippen LogP contribution in [0.25, 0.3) is 22.0 Å². The average Bonchev–Trinajstić information content (AvgIpc) is 2.70. The topological polar surface area (TPSA) is 3.88 Å². The molecule has 0 radical (unpaired) electrons. The van der Waals surface area contributed by atoms with E-state index in [0.29, 0.717) is 5.41 Å². The summed E-state index contributed by atoms with van der Waals surface area (Å²) in [4.78, 5) is 0. The van der Waals surface area contributed by atoms with Crippen molar-refractivity contribution in [3.05, 3.63) is 59.8 Å². The summed E-state index contributed by atoms with van der Waals surface area (Å²) >= 11 is 0. The Morgan fingerprint density at radius 1 is 0.935 bits per heavy atom. The smallest absolute Gasteiger partial charge is 0.200 e. The number of pyridine rings is 1. The van der Waals surface area contributed by atoms with Crippen molar-refractivity contribution in [2.45, 2.75) is 78.4 Å². The maximum Gasteiger partial charge on any atom is 0.220 e. The number of rotatable bonds is 2. The van der Waals surface area contributed by atoms with E-state index < -0.39 is 8.07 Å². The predicted octanol–water partition coefficient (Wildman–Crippen LogP) is 7.04. The summed E-state index contributed by atoms with van der Waals surface area (Å²) < 4.78 is 2.30. The maximum atomic E-state index is 2.62. The molecule has 2 aromatic carbocycles. The predicted molar refractivity (Wildman–Crippen MR) is 138 cm³/mol.